The number of aromatic nitrogens is 1. The van der Waals surface area contributed by atoms with E-state index in [-0.39, 0.29) is 89.9 Å². The second-order valence-corrected chi connectivity index (χ2v) is 26.1. The Bertz CT molecular complexity index is 3480. The van der Waals surface area contributed by atoms with Gasteiger partial charge >= 0.3 is 11.9 Å². The summed E-state index contributed by atoms with van der Waals surface area (Å²) in [7, 11) is 0. The van der Waals surface area contributed by atoms with Crippen molar-refractivity contribution < 1.29 is 107 Å². The van der Waals surface area contributed by atoms with E-state index in [1.54, 1.807) is 44.3 Å². The molecule has 0 bridgehead atoms. The van der Waals surface area contributed by atoms with E-state index in [4.69, 9.17) is 17.2 Å². The maximum Gasteiger partial charge on any atom is 0.328 e. The van der Waals surface area contributed by atoms with Crippen LogP contribution in [0.1, 0.15) is 110 Å². The second-order valence-electron chi connectivity index (χ2n) is 26.1. The SMILES string of the molecule is CC(C)C[C@H](NC(=O)[C@H](Cc1c[nH]c2ccccc12)NC(=O)[C@@H](N)CCC(=O)O)C(=O)N[C@@H](CCCCN)C(=O)N[C@@H](CC(N)=O)C(=O)NCC(=O)NCC(=O)N1CCC[C@H]1C(=O)N[C@@H](CO)C(=O)N[C@@H](CO)C(=O)NCC(=O)N[C@@H](C)C(=O)N1CCC[C@H]1C(=O)N1CCC[C@H]1C(=O)N[C@@H](CO)C(=O)O. The van der Waals surface area contributed by atoms with Gasteiger partial charge in [-0.3, -0.25) is 76.7 Å². The summed E-state index contributed by atoms with van der Waals surface area (Å²) in [6.45, 7) is -0.146. The highest BCUT2D eigenvalue weighted by molar-refractivity contribution is 6.01. The molecule has 4 heterocycles. The number of likely N-dealkylation sites (tertiary alicyclic amines) is 3. The van der Waals surface area contributed by atoms with Gasteiger partial charge in [0.1, 0.15) is 66.5 Å². The van der Waals surface area contributed by atoms with Crippen LogP contribution in [0.25, 0.3) is 10.9 Å². The van der Waals surface area contributed by atoms with Gasteiger partial charge in [-0.1, -0.05) is 32.0 Å². The quantitative estimate of drug-likeness (QED) is 0.0275. The Kier molecular flexibility index (Phi) is 33.9. The fraction of sp³-hybridized carbons (Fsp3) is 0.615. The number of H-pyrrole nitrogens is 1. The van der Waals surface area contributed by atoms with Crippen LogP contribution in [0.2, 0.25) is 0 Å². The number of primary amides is 1. The van der Waals surface area contributed by atoms with Gasteiger partial charge in [0.05, 0.1) is 51.9 Å². The minimum absolute atomic E-state index is 0.00373. The zero-order valence-corrected chi connectivity index (χ0v) is 58.6. The molecule has 3 fully saturated rings. The predicted octanol–water partition coefficient (Wildman–Crippen LogP) is -8.77. The predicted molar refractivity (Wildman–Crippen MR) is 366 cm³/mol. The third-order valence-electron chi connectivity index (χ3n) is 17.7. The number of carbonyl (C=O) groups is 17. The molecule has 3 aliphatic rings. The Balaban J connectivity index is 1.11. The highest BCUT2D eigenvalue weighted by atomic mass is 16.4. The molecule has 5 rings (SSSR count). The summed E-state index contributed by atoms with van der Waals surface area (Å²) in [5.74, 6) is -16.6. The first-order valence-corrected chi connectivity index (χ1v) is 34.5. The number of para-hydroxylation sites is 1. The summed E-state index contributed by atoms with van der Waals surface area (Å²) in [6, 6.07) is -9.81. The van der Waals surface area contributed by atoms with Crippen molar-refractivity contribution >= 4 is 111 Å². The van der Waals surface area contributed by atoms with Gasteiger partial charge in [-0.05, 0) is 102 Å². The van der Waals surface area contributed by atoms with Crippen molar-refractivity contribution in [3.05, 3.63) is 36.0 Å². The molecule has 1 aromatic carbocycles. The zero-order chi connectivity index (χ0) is 77.8. The van der Waals surface area contributed by atoms with Crippen LogP contribution in [-0.4, -0.2) is 284 Å². The summed E-state index contributed by atoms with van der Waals surface area (Å²) in [5, 5.41) is 74.7. The first-order valence-electron chi connectivity index (χ1n) is 34.5. The van der Waals surface area contributed by atoms with E-state index in [2.05, 4.69) is 63.5 Å². The third-order valence-corrected chi connectivity index (χ3v) is 17.7. The largest absolute Gasteiger partial charge is 0.481 e. The van der Waals surface area contributed by atoms with E-state index in [1.807, 2.05) is 0 Å². The normalized spacial score (nSPS) is 18.1. The fourth-order valence-electron chi connectivity index (χ4n) is 12.1. The van der Waals surface area contributed by atoms with E-state index < -0.39 is 225 Å². The number of carboxylic acids is 2. The third kappa shape index (κ3) is 25.7. The van der Waals surface area contributed by atoms with Gasteiger partial charge in [0.25, 0.3) is 0 Å². The standard InChI is InChI=1S/C65H98N18O22/c1-33(2)23-40(76-59(98)41(75-54(93)37(67)17-18-53(91)92)24-35-26-69-38-12-5-4-11-36(35)38)58(97)74-39(13-6-7-19-66)57(96)77-42(25-49(68)87)55(94)71-27-50(88)70-29-52(90)81-20-8-14-46(81)61(100)79-44(31-85)60(99)78-43(30-84)56(95)72-28-51(89)73-34(3)63(102)83-22-10-16-48(83)64(103)82-21-9-15-47(82)62(101)80-45(32-86)65(104)105/h4-5,11-12,26,33-34,37,39-48,69,84-86H,6-10,13-25,27-32,66-67H2,1-3H3,(H2,68,87)(H,70,88)(H,71,94)(H,72,95)(H,73,89)(H,74,97)(H,75,93)(H,76,98)(H,77,96)(H,78,99)(H,79,100)(H,80,101)(H,91,92)(H,104,105)/t34-,37-,39-,40-,41-,42-,43-,44-,45-,46-,47-,48-/m0/s1. The molecule has 580 valence electrons. The molecule has 0 aliphatic carbocycles. The fourth-order valence-corrected chi connectivity index (χ4v) is 12.1. The van der Waals surface area contributed by atoms with Crippen LogP contribution in [0.3, 0.4) is 0 Å². The topological polar surface area (TPSA) is 627 Å². The lowest BCUT2D eigenvalue weighted by Gasteiger charge is -2.32. The number of nitrogens with one attached hydrogen (secondary N) is 12. The number of amides is 15. The minimum Gasteiger partial charge on any atom is -0.481 e. The molecule has 12 atom stereocenters. The van der Waals surface area contributed by atoms with Crippen LogP contribution in [0, 0.1) is 5.92 Å². The van der Waals surface area contributed by atoms with Crippen LogP contribution in [0.15, 0.2) is 30.5 Å². The van der Waals surface area contributed by atoms with Gasteiger partial charge in [0.15, 0.2) is 0 Å². The molecule has 0 saturated carbocycles. The molecular weight excluding hydrogens is 1380 g/mol. The van der Waals surface area contributed by atoms with Gasteiger partial charge in [-0.25, -0.2) is 4.79 Å². The number of rotatable bonds is 42. The van der Waals surface area contributed by atoms with Crippen molar-refractivity contribution in [1.29, 1.82) is 0 Å². The van der Waals surface area contributed by atoms with Crippen molar-refractivity contribution in [2.45, 2.75) is 183 Å². The number of hydrogen-bond donors (Lipinski definition) is 20. The van der Waals surface area contributed by atoms with Crippen molar-refractivity contribution in [3.8, 4) is 0 Å². The molecule has 3 saturated heterocycles. The number of benzene rings is 1. The van der Waals surface area contributed by atoms with Crippen LogP contribution in [0.4, 0.5) is 0 Å². The number of carbonyl (C=O) groups excluding carboxylic acids is 15. The van der Waals surface area contributed by atoms with Crippen LogP contribution in [0.5, 0.6) is 0 Å². The highest BCUT2D eigenvalue weighted by Gasteiger charge is 2.44. The molecular formula is C65H98N18O22. The second kappa shape index (κ2) is 41.7. The van der Waals surface area contributed by atoms with Crippen LogP contribution >= 0.6 is 0 Å². The first-order chi connectivity index (χ1) is 49.8. The number of fused-ring (bicyclic) bond motifs is 1. The average Bonchev–Trinajstić information content (AvgIpc) is 1.69. The lowest BCUT2D eigenvalue weighted by atomic mass is 9.99. The van der Waals surface area contributed by atoms with Gasteiger partial charge in [0, 0.05) is 49.6 Å². The van der Waals surface area contributed by atoms with E-state index >= 15 is 0 Å². The average molecular weight is 1480 g/mol. The van der Waals surface area contributed by atoms with E-state index in [0.29, 0.717) is 24.8 Å². The van der Waals surface area contributed by atoms with Crippen molar-refractivity contribution in [3.63, 3.8) is 0 Å². The smallest absolute Gasteiger partial charge is 0.328 e. The van der Waals surface area contributed by atoms with Gasteiger partial charge in [-0.2, -0.15) is 0 Å². The minimum atomic E-state index is -1.78. The van der Waals surface area contributed by atoms with Crippen molar-refractivity contribution in [1.82, 2.24) is 78.2 Å². The van der Waals surface area contributed by atoms with Gasteiger partial charge < -0.3 is 121 Å². The lowest BCUT2D eigenvalue weighted by molar-refractivity contribution is -0.148. The molecule has 105 heavy (non-hydrogen) atoms. The van der Waals surface area contributed by atoms with Crippen LogP contribution in [-0.2, 0) is 87.9 Å². The maximum absolute atomic E-state index is 14.3. The molecule has 15 amide bonds. The molecule has 40 heteroatoms. The molecule has 0 spiro atoms. The number of aliphatic hydroxyl groups excluding tert-OH is 3. The summed E-state index contributed by atoms with van der Waals surface area (Å²) in [6.07, 6.45) is 2.10. The van der Waals surface area contributed by atoms with Crippen LogP contribution < -0.4 is 75.7 Å². The van der Waals surface area contributed by atoms with Gasteiger partial charge in [-0.15, -0.1) is 0 Å². The number of aliphatic hydroxyl groups is 3. The summed E-state index contributed by atoms with van der Waals surface area (Å²) in [5.41, 5.74) is 18.5. The molecule has 3 aliphatic heterocycles. The Labute approximate surface area is 602 Å². The monoisotopic (exact) mass is 1480 g/mol. The first kappa shape index (κ1) is 85.2. The Morgan fingerprint density at radius 2 is 1.06 bits per heavy atom. The molecule has 40 nitrogen and oxygen atoms in total. The number of aromatic amines is 1. The number of carboxylic acid groups (broad SMARTS) is 2. The number of aliphatic carboxylic acids is 2. The molecule has 1 aromatic heterocycles. The molecule has 2 aromatic rings. The molecule has 23 N–H and O–H groups in total. The summed E-state index contributed by atoms with van der Waals surface area (Å²) in [4.78, 5) is 231. The summed E-state index contributed by atoms with van der Waals surface area (Å²) < 4.78 is 0. The van der Waals surface area contributed by atoms with Gasteiger partial charge in [0.2, 0.25) is 88.6 Å². The number of nitrogens with two attached hydrogens (primary N) is 3. The summed E-state index contributed by atoms with van der Waals surface area (Å²) >= 11 is 0. The maximum atomic E-state index is 14.3. The Hall–Kier alpha value is -10.4. The lowest BCUT2D eigenvalue weighted by Crippen LogP contribution is -2.59. The Morgan fingerprint density at radius 1 is 0.543 bits per heavy atom. The van der Waals surface area contributed by atoms with Crippen molar-refractivity contribution in [2.24, 2.45) is 23.1 Å². The number of hydrogen-bond acceptors (Lipinski definition) is 22. The van der Waals surface area contributed by atoms with E-state index in [9.17, 15) is 107 Å². The number of nitrogens with zero attached hydrogens (tertiary/aromatic N) is 3. The number of unbranched alkanes of at least 4 members (excludes halogenated alkanes) is 1. The molecule has 0 unspecified atom stereocenters. The van der Waals surface area contributed by atoms with E-state index in [0.717, 1.165) is 15.8 Å². The Morgan fingerprint density at radius 3 is 1.67 bits per heavy atom. The van der Waals surface area contributed by atoms with E-state index in [1.165, 1.54) is 16.7 Å². The molecule has 0 radical (unpaired) electrons. The van der Waals surface area contributed by atoms with Crippen molar-refractivity contribution in [2.75, 3.05) is 65.6 Å². The zero-order valence-electron chi connectivity index (χ0n) is 58.6. The highest BCUT2D eigenvalue weighted by Crippen LogP contribution is 2.27.